The molecular formula is C20H23NO4. The molecule has 1 fully saturated rings. The quantitative estimate of drug-likeness (QED) is 0.876. The smallest absolute Gasteiger partial charge is 0.254 e. The fourth-order valence-corrected chi connectivity index (χ4v) is 3.02. The highest BCUT2D eigenvalue weighted by Crippen LogP contribution is 2.22. The van der Waals surface area contributed by atoms with Gasteiger partial charge in [-0.25, -0.2) is 0 Å². The maximum atomic E-state index is 13.0. The topological polar surface area (TPSA) is 59.0 Å². The summed E-state index contributed by atoms with van der Waals surface area (Å²) in [6.45, 7) is 1.60. The Morgan fingerprint density at radius 1 is 1.24 bits per heavy atom. The lowest BCUT2D eigenvalue weighted by Crippen LogP contribution is -2.37. The van der Waals surface area contributed by atoms with Crippen molar-refractivity contribution >= 4 is 5.91 Å². The van der Waals surface area contributed by atoms with E-state index in [1.54, 1.807) is 48.4 Å². The molecule has 0 aromatic heterocycles. The first-order chi connectivity index (χ1) is 12.2. The lowest BCUT2D eigenvalue weighted by Gasteiger charge is -2.26. The molecule has 5 heteroatoms. The molecule has 132 valence electrons. The Morgan fingerprint density at radius 2 is 2.00 bits per heavy atom. The molecule has 2 aromatic carbocycles. The number of carbonyl (C=O) groups is 1. The molecule has 1 aliphatic rings. The molecule has 1 amide bonds. The van der Waals surface area contributed by atoms with Crippen LogP contribution in [-0.2, 0) is 11.3 Å². The number of nitrogens with zero attached hydrogens (tertiary/aromatic N) is 1. The molecule has 0 bridgehead atoms. The number of ether oxygens (including phenoxy) is 2. The van der Waals surface area contributed by atoms with E-state index in [0.29, 0.717) is 24.4 Å². The molecule has 2 aromatic rings. The van der Waals surface area contributed by atoms with Crippen molar-refractivity contribution in [2.75, 3.05) is 20.3 Å². The number of rotatable bonds is 6. The number of phenols is 1. The van der Waals surface area contributed by atoms with Gasteiger partial charge in [-0.3, -0.25) is 4.79 Å². The number of amides is 1. The van der Waals surface area contributed by atoms with E-state index in [1.165, 1.54) is 0 Å². The summed E-state index contributed by atoms with van der Waals surface area (Å²) >= 11 is 0. The van der Waals surface area contributed by atoms with Gasteiger partial charge in [-0.2, -0.15) is 0 Å². The normalized spacial score (nSPS) is 16.6. The number of carbonyl (C=O) groups excluding carboxylic acids is 1. The summed E-state index contributed by atoms with van der Waals surface area (Å²) in [5.74, 6) is 0.826. The molecule has 0 saturated carbocycles. The monoisotopic (exact) mass is 341 g/mol. The van der Waals surface area contributed by atoms with Gasteiger partial charge in [0.15, 0.2) is 0 Å². The molecular weight excluding hydrogens is 318 g/mol. The van der Waals surface area contributed by atoms with Crippen molar-refractivity contribution in [1.82, 2.24) is 4.90 Å². The fraction of sp³-hybridized carbons (Fsp3) is 0.350. The van der Waals surface area contributed by atoms with E-state index in [2.05, 4.69) is 0 Å². The number of benzene rings is 2. The second-order valence-corrected chi connectivity index (χ2v) is 6.18. The van der Waals surface area contributed by atoms with Crippen LogP contribution in [0.5, 0.6) is 11.5 Å². The Hall–Kier alpha value is -2.53. The third kappa shape index (κ3) is 4.31. The van der Waals surface area contributed by atoms with Crippen molar-refractivity contribution in [3.05, 3.63) is 59.7 Å². The Balaban J connectivity index is 1.81. The van der Waals surface area contributed by atoms with Gasteiger partial charge in [-0.15, -0.1) is 0 Å². The third-order valence-electron chi connectivity index (χ3n) is 4.43. The van der Waals surface area contributed by atoms with Gasteiger partial charge in [-0.1, -0.05) is 18.2 Å². The lowest BCUT2D eigenvalue weighted by atomic mass is 10.1. The molecule has 3 rings (SSSR count). The van der Waals surface area contributed by atoms with Gasteiger partial charge in [0.05, 0.1) is 13.2 Å². The summed E-state index contributed by atoms with van der Waals surface area (Å²) < 4.78 is 10.8. The maximum Gasteiger partial charge on any atom is 0.254 e. The molecule has 1 unspecified atom stereocenters. The summed E-state index contributed by atoms with van der Waals surface area (Å²) in [6, 6.07) is 14.2. The Morgan fingerprint density at radius 3 is 2.64 bits per heavy atom. The molecule has 0 radical (unpaired) electrons. The average Bonchev–Trinajstić information content (AvgIpc) is 3.15. The number of aromatic hydroxyl groups is 1. The first kappa shape index (κ1) is 17.3. The largest absolute Gasteiger partial charge is 0.508 e. The van der Waals surface area contributed by atoms with Crippen LogP contribution in [0.3, 0.4) is 0 Å². The van der Waals surface area contributed by atoms with Crippen LogP contribution in [-0.4, -0.2) is 42.3 Å². The van der Waals surface area contributed by atoms with E-state index in [-0.39, 0.29) is 17.8 Å². The predicted octanol–water partition coefficient (Wildman–Crippen LogP) is 3.22. The molecule has 5 nitrogen and oxygen atoms in total. The maximum absolute atomic E-state index is 13.0. The number of phenolic OH excluding ortho intramolecular Hbond substituents is 1. The number of hydrogen-bond donors (Lipinski definition) is 1. The van der Waals surface area contributed by atoms with Gasteiger partial charge in [0.2, 0.25) is 0 Å². The zero-order valence-electron chi connectivity index (χ0n) is 14.4. The molecule has 0 aliphatic carbocycles. The Labute approximate surface area is 147 Å². The molecule has 1 N–H and O–H groups in total. The van der Waals surface area contributed by atoms with Crippen molar-refractivity contribution in [2.24, 2.45) is 0 Å². The average molecular weight is 341 g/mol. The third-order valence-corrected chi connectivity index (χ3v) is 4.43. The Bertz CT molecular complexity index is 708. The summed E-state index contributed by atoms with van der Waals surface area (Å²) in [5.41, 5.74) is 1.32. The summed E-state index contributed by atoms with van der Waals surface area (Å²) in [4.78, 5) is 14.7. The highest BCUT2D eigenvalue weighted by Gasteiger charge is 2.24. The van der Waals surface area contributed by atoms with Crippen molar-refractivity contribution in [3.63, 3.8) is 0 Å². The van der Waals surface area contributed by atoms with Gasteiger partial charge in [0.1, 0.15) is 11.5 Å². The van der Waals surface area contributed by atoms with Gasteiger partial charge in [0, 0.05) is 30.8 Å². The van der Waals surface area contributed by atoms with Crippen LogP contribution in [0.2, 0.25) is 0 Å². The van der Waals surface area contributed by atoms with Gasteiger partial charge in [0.25, 0.3) is 5.91 Å². The SMILES string of the molecule is COc1ccc(C(=O)N(Cc2ccccc2O)CC2CCCO2)cc1. The van der Waals surface area contributed by atoms with Crippen LogP contribution < -0.4 is 4.74 Å². The van der Waals surface area contributed by atoms with E-state index in [4.69, 9.17) is 9.47 Å². The summed E-state index contributed by atoms with van der Waals surface area (Å²) in [5, 5.41) is 10.1. The minimum Gasteiger partial charge on any atom is -0.508 e. The fourth-order valence-electron chi connectivity index (χ4n) is 3.02. The molecule has 25 heavy (non-hydrogen) atoms. The lowest BCUT2D eigenvalue weighted by molar-refractivity contribution is 0.0506. The Kier molecular flexibility index (Phi) is 5.56. The highest BCUT2D eigenvalue weighted by molar-refractivity contribution is 5.94. The van der Waals surface area contributed by atoms with Crippen LogP contribution in [0.1, 0.15) is 28.8 Å². The van der Waals surface area contributed by atoms with Gasteiger partial charge in [-0.05, 0) is 43.2 Å². The second-order valence-electron chi connectivity index (χ2n) is 6.18. The number of hydrogen-bond acceptors (Lipinski definition) is 4. The molecule has 1 saturated heterocycles. The minimum absolute atomic E-state index is 0.0491. The molecule has 1 atom stereocenters. The zero-order valence-corrected chi connectivity index (χ0v) is 14.4. The predicted molar refractivity (Wildman–Crippen MR) is 94.8 cm³/mol. The summed E-state index contributed by atoms with van der Waals surface area (Å²) in [6.07, 6.45) is 2.02. The first-order valence-electron chi connectivity index (χ1n) is 8.49. The standard InChI is InChI=1S/C20H23NO4/c1-24-17-10-8-15(9-11-17)20(23)21(14-18-6-4-12-25-18)13-16-5-2-3-7-19(16)22/h2-3,5,7-11,18,22H,4,6,12-14H2,1H3. The van der Waals surface area contributed by atoms with E-state index in [1.807, 2.05) is 12.1 Å². The van der Waals surface area contributed by atoms with E-state index in [0.717, 1.165) is 25.0 Å². The van der Waals surface area contributed by atoms with Crippen LogP contribution >= 0.6 is 0 Å². The number of para-hydroxylation sites is 1. The second kappa shape index (κ2) is 8.03. The van der Waals surface area contributed by atoms with E-state index >= 15 is 0 Å². The van der Waals surface area contributed by atoms with Crippen LogP contribution in [0.25, 0.3) is 0 Å². The highest BCUT2D eigenvalue weighted by atomic mass is 16.5. The van der Waals surface area contributed by atoms with Crippen molar-refractivity contribution in [2.45, 2.75) is 25.5 Å². The van der Waals surface area contributed by atoms with Crippen molar-refractivity contribution < 1.29 is 19.4 Å². The molecule has 0 spiro atoms. The van der Waals surface area contributed by atoms with Crippen LogP contribution in [0.4, 0.5) is 0 Å². The number of methoxy groups -OCH3 is 1. The van der Waals surface area contributed by atoms with Crippen LogP contribution in [0.15, 0.2) is 48.5 Å². The molecule has 1 aliphatic heterocycles. The van der Waals surface area contributed by atoms with Crippen molar-refractivity contribution in [3.8, 4) is 11.5 Å². The first-order valence-corrected chi connectivity index (χ1v) is 8.49. The van der Waals surface area contributed by atoms with E-state index in [9.17, 15) is 9.90 Å². The minimum atomic E-state index is -0.0820. The van der Waals surface area contributed by atoms with Gasteiger partial charge < -0.3 is 19.5 Å². The van der Waals surface area contributed by atoms with Crippen LogP contribution in [0, 0.1) is 0 Å². The van der Waals surface area contributed by atoms with Crippen molar-refractivity contribution in [1.29, 1.82) is 0 Å². The summed E-state index contributed by atoms with van der Waals surface area (Å²) in [7, 11) is 1.60. The van der Waals surface area contributed by atoms with Gasteiger partial charge >= 0.3 is 0 Å². The molecule has 1 heterocycles. The zero-order chi connectivity index (χ0) is 17.6. The van der Waals surface area contributed by atoms with E-state index < -0.39 is 0 Å².